The van der Waals surface area contributed by atoms with Gasteiger partial charge in [0.2, 0.25) is 0 Å². The molecule has 2 aliphatic rings. The van der Waals surface area contributed by atoms with Gasteiger partial charge in [0, 0.05) is 50.7 Å². The molecule has 6 heteroatoms. The summed E-state index contributed by atoms with van der Waals surface area (Å²) >= 11 is 0. The zero-order valence-electron chi connectivity index (χ0n) is 14.1. The molecule has 2 fully saturated rings. The molecule has 3 rings (SSSR count). The van der Waals surface area contributed by atoms with E-state index in [2.05, 4.69) is 20.5 Å². The summed E-state index contributed by atoms with van der Waals surface area (Å²) in [5.41, 5.74) is 0.767. The highest BCUT2D eigenvalue weighted by Gasteiger charge is 2.35. The van der Waals surface area contributed by atoms with Crippen molar-refractivity contribution in [1.29, 1.82) is 0 Å². The number of hydrogen-bond acceptors (Lipinski definition) is 4. The molecule has 1 saturated carbocycles. The van der Waals surface area contributed by atoms with E-state index in [4.69, 9.17) is 0 Å². The zero-order chi connectivity index (χ0) is 16.2. The molecule has 0 bridgehead atoms. The van der Waals surface area contributed by atoms with Gasteiger partial charge in [-0.1, -0.05) is 6.42 Å². The number of likely N-dealkylation sites (tertiary alicyclic amines) is 1. The van der Waals surface area contributed by atoms with Crippen LogP contribution >= 0.6 is 0 Å². The molecule has 0 radical (unpaired) electrons. The fourth-order valence-electron chi connectivity index (χ4n) is 3.26. The van der Waals surface area contributed by atoms with E-state index in [0.717, 1.165) is 24.1 Å². The van der Waals surface area contributed by atoms with Gasteiger partial charge in [-0.2, -0.15) is 0 Å². The highest BCUT2D eigenvalue weighted by Crippen LogP contribution is 2.32. The summed E-state index contributed by atoms with van der Waals surface area (Å²) < 4.78 is 0. The van der Waals surface area contributed by atoms with Gasteiger partial charge in [-0.3, -0.25) is 4.90 Å². The summed E-state index contributed by atoms with van der Waals surface area (Å²) in [5, 5.41) is 5.94. The van der Waals surface area contributed by atoms with Crippen LogP contribution in [0.4, 0.5) is 16.3 Å². The Balaban J connectivity index is 1.50. The van der Waals surface area contributed by atoms with E-state index in [1.54, 1.807) is 6.20 Å². The van der Waals surface area contributed by atoms with Crippen LogP contribution < -0.4 is 15.5 Å². The Morgan fingerprint density at radius 1 is 1.35 bits per heavy atom. The van der Waals surface area contributed by atoms with Crippen LogP contribution in [0.2, 0.25) is 0 Å². The number of carbonyl (C=O) groups excluding carboxylic acids is 1. The number of pyridine rings is 1. The standard InChI is InChI=1S/C17H27N5O/c1-21(2)16-11-13(8-9-18-16)20-17(23)19-12-15-5-3-4-10-22(15)14-6-7-14/h8-9,11,14-15H,3-7,10,12H2,1-2H3,(H2,18,19,20,23). The molecule has 1 aliphatic carbocycles. The Morgan fingerprint density at radius 2 is 2.17 bits per heavy atom. The molecule has 1 atom stereocenters. The molecule has 0 aromatic carbocycles. The average Bonchev–Trinajstić information content (AvgIpc) is 3.38. The topological polar surface area (TPSA) is 60.5 Å². The number of nitrogens with zero attached hydrogens (tertiary/aromatic N) is 3. The summed E-state index contributed by atoms with van der Waals surface area (Å²) in [6.07, 6.45) is 8.12. The van der Waals surface area contributed by atoms with Crippen molar-refractivity contribution < 1.29 is 4.79 Å². The first-order valence-electron chi connectivity index (χ1n) is 8.57. The van der Waals surface area contributed by atoms with E-state index in [1.165, 1.54) is 38.6 Å². The third-order valence-corrected chi connectivity index (χ3v) is 4.65. The SMILES string of the molecule is CN(C)c1cc(NC(=O)NCC2CCCCN2C2CC2)ccn1. The van der Waals surface area contributed by atoms with Gasteiger partial charge in [-0.15, -0.1) is 0 Å². The minimum absolute atomic E-state index is 0.137. The van der Waals surface area contributed by atoms with Gasteiger partial charge in [0.15, 0.2) is 0 Å². The molecule has 1 aromatic heterocycles. The van der Waals surface area contributed by atoms with Crippen molar-refractivity contribution in [2.24, 2.45) is 0 Å². The van der Waals surface area contributed by atoms with E-state index in [0.29, 0.717) is 6.04 Å². The van der Waals surface area contributed by atoms with Crippen LogP contribution in [0.25, 0.3) is 0 Å². The molecule has 1 aliphatic heterocycles. The van der Waals surface area contributed by atoms with E-state index in [-0.39, 0.29) is 6.03 Å². The number of anilines is 2. The minimum atomic E-state index is -0.137. The molecule has 2 heterocycles. The third-order valence-electron chi connectivity index (χ3n) is 4.65. The first-order chi connectivity index (χ1) is 11.1. The number of amides is 2. The van der Waals surface area contributed by atoms with Crippen molar-refractivity contribution in [3.8, 4) is 0 Å². The molecule has 2 amide bonds. The van der Waals surface area contributed by atoms with Crippen molar-refractivity contribution >= 4 is 17.5 Å². The fourth-order valence-corrected chi connectivity index (χ4v) is 3.26. The third kappa shape index (κ3) is 4.34. The van der Waals surface area contributed by atoms with Crippen LogP contribution in [0.3, 0.4) is 0 Å². The number of aromatic nitrogens is 1. The molecule has 1 aromatic rings. The largest absolute Gasteiger partial charge is 0.363 e. The summed E-state index contributed by atoms with van der Waals surface area (Å²) in [6, 6.07) is 4.81. The molecule has 6 nitrogen and oxygen atoms in total. The lowest BCUT2D eigenvalue weighted by molar-refractivity contribution is 0.138. The van der Waals surface area contributed by atoms with Crippen molar-refractivity contribution in [3.63, 3.8) is 0 Å². The maximum absolute atomic E-state index is 12.2. The van der Waals surface area contributed by atoms with Gasteiger partial charge in [-0.05, 0) is 38.3 Å². The number of urea groups is 1. The van der Waals surface area contributed by atoms with Crippen LogP contribution in [0.1, 0.15) is 32.1 Å². The molecule has 23 heavy (non-hydrogen) atoms. The van der Waals surface area contributed by atoms with Gasteiger partial charge >= 0.3 is 6.03 Å². The predicted octanol–water partition coefficient (Wildman–Crippen LogP) is 2.29. The predicted molar refractivity (Wildman–Crippen MR) is 93.0 cm³/mol. The number of rotatable bonds is 5. The average molecular weight is 317 g/mol. The highest BCUT2D eigenvalue weighted by molar-refractivity contribution is 5.89. The summed E-state index contributed by atoms with van der Waals surface area (Å²) in [4.78, 5) is 20.9. The normalized spacial score (nSPS) is 21.7. The second kappa shape index (κ2) is 7.17. The van der Waals surface area contributed by atoms with Gasteiger partial charge in [0.05, 0.1) is 0 Å². The zero-order valence-corrected chi connectivity index (χ0v) is 14.1. The summed E-state index contributed by atoms with van der Waals surface area (Å²) in [6.45, 7) is 1.92. The molecule has 126 valence electrons. The first kappa shape index (κ1) is 16.1. The fraction of sp³-hybridized carbons (Fsp3) is 0.647. The van der Waals surface area contributed by atoms with Crippen LogP contribution in [0.5, 0.6) is 0 Å². The second-order valence-electron chi connectivity index (χ2n) is 6.75. The smallest absolute Gasteiger partial charge is 0.319 e. The van der Waals surface area contributed by atoms with Crippen molar-refractivity contribution in [3.05, 3.63) is 18.3 Å². The van der Waals surface area contributed by atoms with Crippen molar-refractivity contribution in [2.45, 2.75) is 44.2 Å². The monoisotopic (exact) mass is 317 g/mol. The number of piperidine rings is 1. The van der Waals surface area contributed by atoms with Crippen LogP contribution in [-0.2, 0) is 0 Å². The van der Waals surface area contributed by atoms with Gasteiger partial charge in [0.1, 0.15) is 5.82 Å². The summed E-state index contributed by atoms with van der Waals surface area (Å²) in [5.74, 6) is 0.829. The van der Waals surface area contributed by atoms with E-state index >= 15 is 0 Å². The molecular weight excluding hydrogens is 290 g/mol. The van der Waals surface area contributed by atoms with Crippen molar-refractivity contribution in [2.75, 3.05) is 37.4 Å². The Bertz CT molecular complexity index is 544. The maximum Gasteiger partial charge on any atom is 0.319 e. The lowest BCUT2D eigenvalue weighted by Gasteiger charge is -2.36. The molecule has 1 saturated heterocycles. The lowest BCUT2D eigenvalue weighted by atomic mass is 10.0. The van der Waals surface area contributed by atoms with Crippen LogP contribution in [-0.4, -0.2) is 55.2 Å². The Kier molecular flexibility index (Phi) is 5.00. The quantitative estimate of drug-likeness (QED) is 0.875. The molecular formula is C17H27N5O. The Morgan fingerprint density at radius 3 is 2.91 bits per heavy atom. The lowest BCUT2D eigenvalue weighted by Crippen LogP contribution is -2.48. The van der Waals surface area contributed by atoms with Gasteiger partial charge in [-0.25, -0.2) is 9.78 Å². The number of nitrogens with one attached hydrogen (secondary N) is 2. The summed E-state index contributed by atoms with van der Waals surface area (Å²) in [7, 11) is 3.86. The molecule has 2 N–H and O–H groups in total. The highest BCUT2D eigenvalue weighted by atomic mass is 16.2. The van der Waals surface area contributed by atoms with Crippen LogP contribution in [0, 0.1) is 0 Å². The van der Waals surface area contributed by atoms with E-state index < -0.39 is 0 Å². The Hall–Kier alpha value is -1.82. The second-order valence-corrected chi connectivity index (χ2v) is 6.75. The molecule has 1 unspecified atom stereocenters. The van der Waals surface area contributed by atoms with Crippen molar-refractivity contribution in [1.82, 2.24) is 15.2 Å². The maximum atomic E-state index is 12.2. The first-order valence-corrected chi connectivity index (χ1v) is 8.57. The van der Waals surface area contributed by atoms with E-state index in [9.17, 15) is 4.79 Å². The van der Waals surface area contributed by atoms with E-state index in [1.807, 2.05) is 31.1 Å². The van der Waals surface area contributed by atoms with Gasteiger partial charge in [0.25, 0.3) is 0 Å². The van der Waals surface area contributed by atoms with Gasteiger partial charge < -0.3 is 15.5 Å². The Labute approximate surface area is 138 Å². The van der Waals surface area contributed by atoms with Crippen LogP contribution in [0.15, 0.2) is 18.3 Å². The number of hydrogen-bond donors (Lipinski definition) is 2. The molecule has 0 spiro atoms. The number of carbonyl (C=O) groups is 1. The minimum Gasteiger partial charge on any atom is -0.363 e.